The maximum atomic E-state index is 3.99. The van der Waals surface area contributed by atoms with E-state index in [1.165, 1.54) is 12.8 Å². The molecule has 0 saturated heterocycles. The zero-order chi connectivity index (χ0) is 5.11. The lowest BCUT2D eigenvalue weighted by molar-refractivity contribution is 0.594. The molecule has 7 heavy (non-hydrogen) atoms. The Morgan fingerprint density at radius 3 is 2.71 bits per heavy atom. The Hall–Kier alpha value is -0.330. The van der Waals surface area contributed by atoms with Crippen molar-refractivity contribution in [2.75, 3.05) is 6.54 Å². The van der Waals surface area contributed by atoms with Crippen LogP contribution < -0.4 is 0 Å². The Kier molecular flexibility index (Phi) is 1.45. The maximum absolute atomic E-state index is 3.99. The molecule has 0 N–H and O–H groups in total. The first-order chi connectivity index (χ1) is 3.43. The van der Waals surface area contributed by atoms with Gasteiger partial charge in [-0.15, -0.1) is 0 Å². The standard InChI is InChI=1S/C6H11N/c1-2-3-6-4-7-5-6/h4,6H,2-3,5H2,1H3. The summed E-state index contributed by atoms with van der Waals surface area (Å²) in [4.78, 5) is 3.99. The number of hydrogen-bond donors (Lipinski definition) is 0. The zero-order valence-corrected chi connectivity index (χ0v) is 4.72. The van der Waals surface area contributed by atoms with Crippen LogP contribution in [0.2, 0.25) is 0 Å². The quantitative estimate of drug-likeness (QED) is 0.495. The fourth-order valence-electron chi connectivity index (χ4n) is 0.791. The van der Waals surface area contributed by atoms with Gasteiger partial charge in [0.2, 0.25) is 0 Å². The predicted octanol–water partition coefficient (Wildman–Crippen LogP) is 1.49. The van der Waals surface area contributed by atoms with Crippen molar-refractivity contribution < 1.29 is 0 Å². The van der Waals surface area contributed by atoms with Crippen LogP contribution in [0.25, 0.3) is 0 Å². The Morgan fingerprint density at radius 1 is 1.86 bits per heavy atom. The van der Waals surface area contributed by atoms with Crippen LogP contribution in [0.5, 0.6) is 0 Å². The van der Waals surface area contributed by atoms with Crippen molar-refractivity contribution in [3.8, 4) is 0 Å². The van der Waals surface area contributed by atoms with Crippen molar-refractivity contribution in [2.24, 2.45) is 10.9 Å². The van der Waals surface area contributed by atoms with Crippen molar-refractivity contribution in [3.05, 3.63) is 0 Å². The van der Waals surface area contributed by atoms with Crippen LogP contribution in [-0.4, -0.2) is 12.8 Å². The molecule has 0 aromatic heterocycles. The van der Waals surface area contributed by atoms with E-state index in [4.69, 9.17) is 0 Å². The molecule has 1 unspecified atom stereocenters. The van der Waals surface area contributed by atoms with Gasteiger partial charge in [0.1, 0.15) is 0 Å². The van der Waals surface area contributed by atoms with Gasteiger partial charge in [-0.05, 0) is 6.42 Å². The van der Waals surface area contributed by atoms with Gasteiger partial charge in [-0.1, -0.05) is 13.3 Å². The molecule has 40 valence electrons. The molecular weight excluding hydrogens is 86.1 g/mol. The summed E-state index contributed by atoms with van der Waals surface area (Å²) in [6.07, 6.45) is 4.70. The van der Waals surface area contributed by atoms with Gasteiger partial charge >= 0.3 is 0 Å². The average Bonchev–Trinajstić information content (AvgIpc) is 1.55. The van der Waals surface area contributed by atoms with E-state index in [0.29, 0.717) is 0 Å². The summed E-state index contributed by atoms with van der Waals surface area (Å²) >= 11 is 0. The minimum atomic E-state index is 0.838. The second kappa shape index (κ2) is 2.10. The van der Waals surface area contributed by atoms with Gasteiger partial charge < -0.3 is 0 Å². The SMILES string of the molecule is CCCC1C=NC1. The molecule has 1 heterocycles. The Bertz CT molecular complexity index is 76.2. The molecule has 0 aromatic carbocycles. The van der Waals surface area contributed by atoms with Crippen molar-refractivity contribution in [3.63, 3.8) is 0 Å². The molecule has 0 saturated carbocycles. The second-order valence-corrected chi connectivity index (χ2v) is 2.06. The highest BCUT2D eigenvalue weighted by molar-refractivity contribution is 5.66. The molecule has 1 heteroatoms. The van der Waals surface area contributed by atoms with Crippen LogP contribution in [-0.2, 0) is 0 Å². The van der Waals surface area contributed by atoms with Crippen molar-refractivity contribution in [2.45, 2.75) is 19.8 Å². The third-order valence-corrected chi connectivity index (χ3v) is 1.32. The van der Waals surface area contributed by atoms with Crippen molar-refractivity contribution in [1.29, 1.82) is 0 Å². The van der Waals surface area contributed by atoms with Gasteiger partial charge in [-0.3, -0.25) is 4.99 Å². The molecule has 1 nitrogen and oxygen atoms in total. The van der Waals surface area contributed by atoms with E-state index >= 15 is 0 Å². The number of nitrogens with zero attached hydrogens (tertiary/aromatic N) is 1. The smallest absolute Gasteiger partial charge is 0.0463 e. The van der Waals surface area contributed by atoms with E-state index < -0.39 is 0 Å². The Morgan fingerprint density at radius 2 is 2.57 bits per heavy atom. The van der Waals surface area contributed by atoms with Crippen LogP contribution >= 0.6 is 0 Å². The van der Waals surface area contributed by atoms with Crippen LogP contribution in [0, 0.1) is 5.92 Å². The molecule has 1 rings (SSSR count). The minimum Gasteiger partial charge on any atom is -0.296 e. The number of aliphatic imine (C=N–C) groups is 1. The fourth-order valence-corrected chi connectivity index (χ4v) is 0.791. The highest BCUT2D eigenvalue weighted by Gasteiger charge is 2.08. The van der Waals surface area contributed by atoms with Crippen LogP contribution in [0.15, 0.2) is 4.99 Å². The lowest BCUT2D eigenvalue weighted by atomic mass is 10.0. The molecule has 1 aliphatic rings. The summed E-state index contributed by atoms with van der Waals surface area (Å²) in [5, 5.41) is 0. The summed E-state index contributed by atoms with van der Waals surface area (Å²) < 4.78 is 0. The van der Waals surface area contributed by atoms with E-state index in [1.54, 1.807) is 0 Å². The van der Waals surface area contributed by atoms with Crippen molar-refractivity contribution in [1.82, 2.24) is 0 Å². The van der Waals surface area contributed by atoms with Crippen LogP contribution in [0.3, 0.4) is 0 Å². The first kappa shape index (κ1) is 4.82. The molecule has 0 amide bonds. The van der Waals surface area contributed by atoms with Gasteiger partial charge in [0.25, 0.3) is 0 Å². The normalized spacial score (nSPS) is 27.3. The topological polar surface area (TPSA) is 12.4 Å². The molecule has 0 aliphatic carbocycles. The molecule has 0 fully saturated rings. The lowest BCUT2D eigenvalue weighted by Gasteiger charge is -2.13. The van der Waals surface area contributed by atoms with Crippen molar-refractivity contribution >= 4 is 6.21 Å². The second-order valence-electron chi connectivity index (χ2n) is 2.06. The van der Waals surface area contributed by atoms with Gasteiger partial charge in [0, 0.05) is 18.7 Å². The molecule has 1 aliphatic heterocycles. The fraction of sp³-hybridized carbons (Fsp3) is 0.833. The van der Waals surface area contributed by atoms with Gasteiger partial charge in [0.05, 0.1) is 0 Å². The monoisotopic (exact) mass is 97.1 g/mol. The van der Waals surface area contributed by atoms with Gasteiger partial charge in [0.15, 0.2) is 0 Å². The third kappa shape index (κ3) is 1.02. The van der Waals surface area contributed by atoms with E-state index in [9.17, 15) is 0 Å². The summed E-state index contributed by atoms with van der Waals surface area (Å²) in [5.41, 5.74) is 0. The minimum absolute atomic E-state index is 0.838. The highest BCUT2D eigenvalue weighted by Crippen LogP contribution is 2.09. The lowest BCUT2D eigenvalue weighted by Crippen LogP contribution is -2.14. The molecule has 0 radical (unpaired) electrons. The first-order valence-corrected chi connectivity index (χ1v) is 2.93. The number of rotatable bonds is 2. The highest BCUT2D eigenvalue weighted by atomic mass is 14.8. The summed E-state index contributed by atoms with van der Waals surface area (Å²) in [7, 11) is 0. The van der Waals surface area contributed by atoms with Crippen LogP contribution in [0.4, 0.5) is 0 Å². The van der Waals surface area contributed by atoms with E-state index in [1.807, 2.05) is 0 Å². The predicted molar refractivity (Wildman–Crippen MR) is 31.8 cm³/mol. The molecule has 1 atom stereocenters. The van der Waals surface area contributed by atoms with E-state index in [0.717, 1.165) is 12.5 Å². The summed E-state index contributed by atoms with van der Waals surface area (Å²) in [6.45, 7) is 3.31. The van der Waals surface area contributed by atoms with E-state index in [-0.39, 0.29) is 0 Å². The van der Waals surface area contributed by atoms with Crippen LogP contribution in [0.1, 0.15) is 19.8 Å². The Balaban J connectivity index is 2.06. The zero-order valence-electron chi connectivity index (χ0n) is 4.72. The van der Waals surface area contributed by atoms with E-state index in [2.05, 4.69) is 18.1 Å². The average molecular weight is 97.2 g/mol. The molecule has 0 spiro atoms. The summed E-state index contributed by atoms with van der Waals surface area (Å²) in [6, 6.07) is 0. The first-order valence-electron chi connectivity index (χ1n) is 2.93. The number of hydrogen-bond acceptors (Lipinski definition) is 1. The molecular formula is C6H11N. The largest absolute Gasteiger partial charge is 0.296 e. The Labute approximate surface area is 44.5 Å². The van der Waals surface area contributed by atoms with Gasteiger partial charge in [-0.25, -0.2) is 0 Å². The van der Waals surface area contributed by atoms with Gasteiger partial charge in [-0.2, -0.15) is 0 Å². The molecule has 0 aromatic rings. The third-order valence-electron chi connectivity index (χ3n) is 1.32. The molecule has 0 bridgehead atoms. The summed E-state index contributed by atoms with van der Waals surface area (Å²) in [5.74, 6) is 0.838. The maximum Gasteiger partial charge on any atom is 0.0463 e.